The summed E-state index contributed by atoms with van der Waals surface area (Å²) in [5, 5.41) is 0. The molecule has 0 saturated carbocycles. The number of rotatable bonds is 3. The number of carbonyl (C=O) groups excluding carboxylic acids is 1. The van der Waals surface area contributed by atoms with Crippen molar-refractivity contribution in [3.63, 3.8) is 0 Å². The van der Waals surface area contributed by atoms with Crippen LogP contribution in [0.1, 0.15) is 21.5 Å². The average molecular weight is 305 g/mol. The molecule has 2 rings (SSSR count). The number of methoxy groups -OCH3 is 1. The van der Waals surface area contributed by atoms with Gasteiger partial charge >= 0.3 is 5.97 Å². The maximum Gasteiger partial charge on any atom is 0.337 e. The summed E-state index contributed by atoms with van der Waals surface area (Å²) in [6, 6.07) is 15.7. The first kappa shape index (κ1) is 12.8. The molecule has 92 valence electrons. The molecule has 0 fully saturated rings. The van der Waals surface area contributed by atoms with Gasteiger partial charge in [0.15, 0.2) is 0 Å². The van der Waals surface area contributed by atoms with E-state index in [4.69, 9.17) is 0 Å². The molecule has 0 N–H and O–H groups in total. The second-order valence-corrected chi connectivity index (χ2v) is 4.81. The van der Waals surface area contributed by atoms with Crippen LogP contribution >= 0.6 is 15.9 Å². The van der Waals surface area contributed by atoms with E-state index in [1.54, 1.807) is 12.1 Å². The summed E-state index contributed by atoms with van der Waals surface area (Å²) in [7, 11) is 1.38. The van der Waals surface area contributed by atoms with Crippen LogP contribution in [0.3, 0.4) is 0 Å². The monoisotopic (exact) mass is 304 g/mol. The van der Waals surface area contributed by atoms with Crippen molar-refractivity contribution in [1.29, 1.82) is 0 Å². The first-order valence-corrected chi connectivity index (χ1v) is 6.40. The summed E-state index contributed by atoms with van der Waals surface area (Å²) in [6.07, 6.45) is 0.836. The molecule has 18 heavy (non-hydrogen) atoms. The standard InChI is InChI=1S/C15H13BrO2/c1-18-15(17)13-8-7-12(14(16)10-13)9-11-5-3-2-4-6-11/h2-8,10H,9H2,1H3. The highest BCUT2D eigenvalue weighted by molar-refractivity contribution is 9.10. The summed E-state index contributed by atoms with van der Waals surface area (Å²) in [5.74, 6) is -0.318. The third-order valence-corrected chi connectivity index (χ3v) is 3.45. The maximum absolute atomic E-state index is 11.4. The highest BCUT2D eigenvalue weighted by Gasteiger charge is 2.08. The van der Waals surface area contributed by atoms with Gasteiger partial charge in [0.2, 0.25) is 0 Å². The molecule has 2 nitrogen and oxygen atoms in total. The van der Waals surface area contributed by atoms with Crippen molar-refractivity contribution in [2.75, 3.05) is 7.11 Å². The Morgan fingerprint density at radius 1 is 1.17 bits per heavy atom. The largest absolute Gasteiger partial charge is 0.465 e. The minimum absolute atomic E-state index is 0.318. The molecule has 2 aromatic rings. The molecule has 0 aliphatic rings. The van der Waals surface area contributed by atoms with Crippen LogP contribution in [0, 0.1) is 0 Å². The summed E-state index contributed by atoms with van der Waals surface area (Å²) in [6.45, 7) is 0. The molecular formula is C15H13BrO2. The molecule has 0 saturated heterocycles. The Bertz CT molecular complexity index is 550. The van der Waals surface area contributed by atoms with Crippen LogP contribution in [0.15, 0.2) is 53.0 Å². The van der Waals surface area contributed by atoms with E-state index in [0.29, 0.717) is 5.56 Å². The van der Waals surface area contributed by atoms with Gasteiger partial charge < -0.3 is 4.74 Å². The van der Waals surface area contributed by atoms with E-state index in [-0.39, 0.29) is 5.97 Å². The highest BCUT2D eigenvalue weighted by Crippen LogP contribution is 2.22. The van der Waals surface area contributed by atoms with Crippen LogP contribution in [0.2, 0.25) is 0 Å². The minimum atomic E-state index is -0.318. The van der Waals surface area contributed by atoms with Crippen molar-refractivity contribution in [2.45, 2.75) is 6.42 Å². The number of hydrogen-bond acceptors (Lipinski definition) is 2. The molecule has 0 amide bonds. The first-order chi connectivity index (χ1) is 8.70. The van der Waals surface area contributed by atoms with E-state index in [1.807, 2.05) is 24.3 Å². The van der Waals surface area contributed by atoms with Crippen LogP contribution in [-0.4, -0.2) is 13.1 Å². The molecule has 0 unspecified atom stereocenters. The van der Waals surface area contributed by atoms with Crippen molar-refractivity contribution in [3.8, 4) is 0 Å². The molecule has 3 heteroatoms. The maximum atomic E-state index is 11.4. The first-order valence-electron chi connectivity index (χ1n) is 5.61. The SMILES string of the molecule is COC(=O)c1ccc(Cc2ccccc2)c(Br)c1. The van der Waals surface area contributed by atoms with Gasteiger partial charge in [-0.1, -0.05) is 52.3 Å². The molecule has 0 aliphatic carbocycles. The second kappa shape index (κ2) is 5.83. The number of halogens is 1. The van der Waals surface area contributed by atoms with Gasteiger partial charge in [-0.3, -0.25) is 0 Å². The smallest absolute Gasteiger partial charge is 0.337 e. The van der Waals surface area contributed by atoms with Crippen molar-refractivity contribution >= 4 is 21.9 Å². The van der Waals surface area contributed by atoms with E-state index in [9.17, 15) is 4.79 Å². The topological polar surface area (TPSA) is 26.3 Å². The van der Waals surface area contributed by atoms with Crippen molar-refractivity contribution in [1.82, 2.24) is 0 Å². The van der Waals surface area contributed by atoms with Crippen LogP contribution in [0.4, 0.5) is 0 Å². The number of carbonyl (C=O) groups is 1. The Labute approximate surface area is 115 Å². The fraction of sp³-hybridized carbons (Fsp3) is 0.133. The van der Waals surface area contributed by atoms with Crippen molar-refractivity contribution in [3.05, 3.63) is 69.7 Å². The Kier molecular flexibility index (Phi) is 4.15. The van der Waals surface area contributed by atoms with E-state index < -0.39 is 0 Å². The molecule has 0 heterocycles. The van der Waals surface area contributed by atoms with Gasteiger partial charge in [-0.2, -0.15) is 0 Å². The van der Waals surface area contributed by atoms with Crippen LogP contribution < -0.4 is 0 Å². The minimum Gasteiger partial charge on any atom is -0.465 e. The number of esters is 1. The molecule has 0 spiro atoms. The van der Waals surface area contributed by atoms with Gasteiger partial charge in [-0.25, -0.2) is 4.79 Å². The lowest BCUT2D eigenvalue weighted by molar-refractivity contribution is 0.0600. The Balaban J connectivity index is 2.23. The van der Waals surface area contributed by atoms with Crippen LogP contribution in [0.25, 0.3) is 0 Å². The highest BCUT2D eigenvalue weighted by atomic mass is 79.9. The fourth-order valence-electron chi connectivity index (χ4n) is 1.75. The predicted octanol–water partition coefficient (Wildman–Crippen LogP) is 3.83. The lowest BCUT2D eigenvalue weighted by atomic mass is 10.0. The molecule has 0 aliphatic heterocycles. The predicted molar refractivity (Wildman–Crippen MR) is 74.7 cm³/mol. The summed E-state index contributed by atoms with van der Waals surface area (Å²) in [4.78, 5) is 11.4. The zero-order valence-corrected chi connectivity index (χ0v) is 11.6. The Morgan fingerprint density at radius 2 is 1.89 bits per heavy atom. The third-order valence-electron chi connectivity index (χ3n) is 2.71. The van der Waals surface area contributed by atoms with Gasteiger partial charge in [0.05, 0.1) is 12.7 Å². The van der Waals surface area contributed by atoms with E-state index >= 15 is 0 Å². The molecule has 0 bridgehead atoms. The zero-order valence-electron chi connectivity index (χ0n) is 10.0. The number of hydrogen-bond donors (Lipinski definition) is 0. The summed E-state index contributed by atoms with van der Waals surface area (Å²) in [5.41, 5.74) is 2.94. The van der Waals surface area contributed by atoms with Crippen molar-refractivity contribution < 1.29 is 9.53 Å². The molecular weight excluding hydrogens is 292 g/mol. The quantitative estimate of drug-likeness (QED) is 0.806. The number of benzene rings is 2. The third kappa shape index (κ3) is 2.99. The number of ether oxygens (including phenoxy) is 1. The molecule has 0 radical (unpaired) electrons. The Hall–Kier alpha value is -1.61. The van der Waals surface area contributed by atoms with Crippen LogP contribution in [0.5, 0.6) is 0 Å². The van der Waals surface area contributed by atoms with Gasteiger partial charge in [-0.15, -0.1) is 0 Å². The molecule has 2 aromatic carbocycles. The van der Waals surface area contributed by atoms with Gasteiger partial charge in [0.1, 0.15) is 0 Å². The summed E-state index contributed by atoms with van der Waals surface area (Å²) < 4.78 is 5.61. The normalized spacial score (nSPS) is 10.1. The zero-order chi connectivity index (χ0) is 13.0. The fourth-order valence-corrected chi connectivity index (χ4v) is 2.27. The molecule has 0 atom stereocenters. The van der Waals surface area contributed by atoms with Crippen molar-refractivity contribution in [2.24, 2.45) is 0 Å². The lowest BCUT2D eigenvalue weighted by Gasteiger charge is -2.06. The molecule has 0 aromatic heterocycles. The Morgan fingerprint density at radius 3 is 2.50 bits per heavy atom. The summed E-state index contributed by atoms with van der Waals surface area (Å²) >= 11 is 3.49. The van der Waals surface area contributed by atoms with E-state index in [1.165, 1.54) is 12.7 Å². The second-order valence-electron chi connectivity index (χ2n) is 3.96. The van der Waals surface area contributed by atoms with Gasteiger partial charge in [0.25, 0.3) is 0 Å². The van der Waals surface area contributed by atoms with Gasteiger partial charge in [-0.05, 0) is 29.7 Å². The van der Waals surface area contributed by atoms with E-state index in [2.05, 4.69) is 32.8 Å². The van der Waals surface area contributed by atoms with Gasteiger partial charge in [0, 0.05) is 4.47 Å². The van der Waals surface area contributed by atoms with E-state index in [0.717, 1.165) is 16.5 Å². The average Bonchev–Trinajstić information content (AvgIpc) is 2.41. The van der Waals surface area contributed by atoms with Crippen LogP contribution in [-0.2, 0) is 11.2 Å². The lowest BCUT2D eigenvalue weighted by Crippen LogP contribution is -2.01.